The zero-order valence-electron chi connectivity index (χ0n) is 11.2. The SMILES string of the molecule is CN(C)C=Nc1cc(N=S(C)(C)=O)cc(Br)c1C#N. The van der Waals surface area contributed by atoms with Gasteiger partial charge in [-0.2, -0.15) is 9.62 Å². The molecular weight excluding hydrogens is 328 g/mol. The second kappa shape index (κ2) is 6.17. The van der Waals surface area contributed by atoms with E-state index in [0.29, 0.717) is 21.4 Å². The number of aliphatic imine (C=N–C) groups is 1. The predicted molar refractivity (Wildman–Crippen MR) is 82.8 cm³/mol. The second-order valence-electron chi connectivity index (χ2n) is 4.41. The summed E-state index contributed by atoms with van der Waals surface area (Å²) in [6.07, 6.45) is 4.71. The van der Waals surface area contributed by atoms with E-state index in [2.05, 4.69) is 31.4 Å². The average Bonchev–Trinajstić information content (AvgIpc) is 2.23. The maximum atomic E-state index is 11.7. The molecule has 1 rings (SSSR count). The molecule has 0 saturated carbocycles. The number of nitriles is 1. The van der Waals surface area contributed by atoms with Gasteiger partial charge in [0, 0.05) is 40.8 Å². The van der Waals surface area contributed by atoms with E-state index in [1.54, 1.807) is 35.9 Å². The standard InChI is InChI=1S/C12H15BrN4OS/c1-17(2)8-15-12-6-9(16-19(3,4)18)5-11(13)10(12)7-14/h5-6,8H,1-4H3. The fourth-order valence-electron chi connectivity index (χ4n) is 1.27. The van der Waals surface area contributed by atoms with Crippen molar-refractivity contribution in [1.82, 2.24) is 4.90 Å². The zero-order valence-corrected chi connectivity index (χ0v) is 13.6. The minimum Gasteiger partial charge on any atom is -0.369 e. The number of hydrogen-bond acceptors (Lipinski definition) is 4. The maximum absolute atomic E-state index is 11.7. The topological polar surface area (TPSA) is 68.8 Å². The third-order valence-electron chi connectivity index (χ3n) is 1.92. The van der Waals surface area contributed by atoms with Crippen LogP contribution in [0.3, 0.4) is 0 Å². The Bertz CT molecular complexity index is 659. The van der Waals surface area contributed by atoms with Crippen molar-refractivity contribution in [3.8, 4) is 6.07 Å². The van der Waals surface area contributed by atoms with E-state index in [0.717, 1.165) is 0 Å². The molecule has 0 aliphatic heterocycles. The van der Waals surface area contributed by atoms with E-state index in [9.17, 15) is 4.21 Å². The number of hydrogen-bond donors (Lipinski definition) is 0. The van der Waals surface area contributed by atoms with Crippen LogP contribution in [-0.4, -0.2) is 42.1 Å². The van der Waals surface area contributed by atoms with Crippen LogP contribution < -0.4 is 0 Å². The molecule has 1 aromatic rings. The smallest absolute Gasteiger partial charge is 0.103 e. The highest BCUT2D eigenvalue weighted by molar-refractivity contribution is 9.10. The summed E-state index contributed by atoms with van der Waals surface area (Å²) >= 11 is 3.31. The molecule has 19 heavy (non-hydrogen) atoms. The Kier molecular flexibility index (Phi) is 5.09. The van der Waals surface area contributed by atoms with Crippen LogP contribution in [0.2, 0.25) is 0 Å². The molecule has 0 atom stereocenters. The van der Waals surface area contributed by atoms with Crippen LogP contribution in [-0.2, 0) is 9.73 Å². The number of rotatable bonds is 3. The van der Waals surface area contributed by atoms with Gasteiger partial charge >= 0.3 is 0 Å². The molecule has 0 aromatic heterocycles. The molecule has 102 valence electrons. The third-order valence-corrected chi connectivity index (χ3v) is 3.19. The summed E-state index contributed by atoms with van der Waals surface area (Å²) in [5.41, 5.74) is 1.45. The van der Waals surface area contributed by atoms with Crippen LogP contribution in [0.5, 0.6) is 0 Å². The first-order valence-corrected chi connectivity index (χ1v) is 8.47. The van der Waals surface area contributed by atoms with Crippen molar-refractivity contribution in [1.29, 1.82) is 5.26 Å². The molecule has 0 aliphatic rings. The van der Waals surface area contributed by atoms with Crippen LogP contribution in [0.15, 0.2) is 26.0 Å². The van der Waals surface area contributed by atoms with Gasteiger partial charge in [0.25, 0.3) is 0 Å². The van der Waals surface area contributed by atoms with Gasteiger partial charge in [-0.05, 0) is 28.1 Å². The van der Waals surface area contributed by atoms with E-state index in [4.69, 9.17) is 5.26 Å². The van der Waals surface area contributed by atoms with Crippen LogP contribution in [0.4, 0.5) is 11.4 Å². The van der Waals surface area contributed by atoms with E-state index >= 15 is 0 Å². The number of nitrogens with zero attached hydrogens (tertiary/aromatic N) is 4. The van der Waals surface area contributed by atoms with Gasteiger partial charge < -0.3 is 4.90 Å². The lowest BCUT2D eigenvalue weighted by Crippen LogP contribution is -2.07. The van der Waals surface area contributed by atoms with Gasteiger partial charge in [0.05, 0.1) is 23.3 Å². The first-order chi connectivity index (χ1) is 8.73. The molecule has 0 aliphatic carbocycles. The summed E-state index contributed by atoms with van der Waals surface area (Å²) in [6.45, 7) is 0. The summed E-state index contributed by atoms with van der Waals surface area (Å²) in [7, 11) is 1.42. The van der Waals surface area contributed by atoms with Crippen LogP contribution in [0.1, 0.15) is 5.56 Å². The quantitative estimate of drug-likeness (QED) is 0.626. The Morgan fingerprint density at radius 1 is 1.42 bits per heavy atom. The van der Waals surface area contributed by atoms with Gasteiger partial charge in [-0.25, -0.2) is 9.20 Å². The second-order valence-corrected chi connectivity index (χ2v) is 7.81. The van der Waals surface area contributed by atoms with Gasteiger partial charge in [-0.1, -0.05) is 0 Å². The molecule has 7 heteroatoms. The molecule has 0 N–H and O–H groups in total. The highest BCUT2D eigenvalue weighted by atomic mass is 79.9. The first kappa shape index (κ1) is 15.7. The molecule has 0 amide bonds. The van der Waals surface area contributed by atoms with Crippen molar-refractivity contribution in [2.45, 2.75) is 0 Å². The van der Waals surface area contributed by atoms with E-state index in [1.807, 2.05) is 14.1 Å². The summed E-state index contributed by atoms with van der Waals surface area (Å²) in [5, 5.41) is 9.13. The molecule has 0 fully saturated rings. The van der Waals surface area contributed by atoms with Crippen LogP contribution in [0.25, 0.3) is 0 Å². The molecule has 0 unspecified atom stereocenters. The first-order valence-electron chi connectivity index (χ1n) is 5.34. The van der Waals surface area contributed by atoms with Gasteiger partial charge in [-0.15, -0.1) is 0 Å². The normalized spacial score (nSPS) is 11.4. The Morgan fingerprint density at radius 2 is 2.05 bits per heavy atom. The van der Waals surface area contributed by atoms with Crippen LogP contribution in [0, 0.1) is 11.3 Å². The maximum Gasteiger partial charge on any atom is 0.103 e. The van der Waals surface area contributed by atoms with Gasteiger partial charge in [0.15, 0.2) is 0 Å². The van der Waals surface area contributed by atoms with Crippen molar-refractivity contribution >= 4 is 43.4 Å². The summed E-state index contributed by atoms with van der Waals surface area (Å²) in [4.78, 5) is 5.99. The minimum atomic E-state index is -2.25. The number of benzene rings is 1. The Hall–Kier alpha value is -1.39. The highest BCUT2D eigenvalue weighted by Gasteiger charge is 2.08. The van der Waals surface area contributed by atoms with Crippen molar-refractivity contribution in [2.75, 3.05) is 26.6 Å². The Morgan fingerprint density at radius 3 is 2.53 bits per heavy atom. The molecule has 1 aromatic carbocycles. The van der Waals surface area contributed by atoms with Crippen LogP contribution >= 0.6 is 15.9 Å². The lowest BCUT2D eigenvalue weighted by molar-refractivity contribution is 0.643. The summed E-state index contributed by atoms with van der Waals surface area (Å²) in [6, 6.07) is 5.40. The van der Waals surface area contributed by atoms with Crippen molar-refractivity contribution in [2.24, 2.45) is 9.36 Å². The molecule has 0 radical (unpaired) electrons. The zero-order chi connectivity index (χ0) is 14.6. The van der Waals surface area contributed by atoms with Crippen molar-refractivity contribution < 1.29 is 4.21 Å². The Balaban J connectivity index is 3.44. The number of halogens is 1. The molecule has 5 nitrogen and oxygen atoms in total. The lowest BCUT2D eigenvalue weighted by Gasteiger charge is -2.06. The fraction of sp³-hybridized carbons (Fsp3) is 0.333. The van der Waals surface area contributed by atoms with Crippen molar-refractivity contribution in [3.63, 3.8) is 0 Å². The van der Waals surface area contributed by atoms with E-state index in [-0.39, 0.29) is 0 Å². The van der Waals surface area contributed by atoms with Gasteiger partial charge in [-0.3, -0.25) is 0 Å². The summed E-state index contributed by atoms with van der Waals surface area (Å²) < 4.78 is 16.4. The summed E-state index contributed by atoms with van der Waals surface area (Å²) in [5.74, 6) is 0. The lowest BCUT2D eigenvalue weighted by atomic mass is 10.2. The van der Waals surface area contributed by atoms with Crippen molar-refractivity contribution in [3.05, 3.63) is 22.2 Å². The van der Waals surface area contributed by atoms with Gasteiger partial charge in [0.2, 0.25) is 0 Å². The highest BCUT2D eigenvalue weighted by Crippen LogP contribution is 2.32. The minimum absolute atomic E-state index is 0.427. The largest absolute Gasteiger partial charge is 0.369 e. The third kappa shape index (κ3) is 5.01. The molecular formula is C12H15BrN4OS. The average molecular weight is 343 g/mol. The van der Waals surface area contributed by atoms with Gasteiger partial charge in [0.1, 0.15) is 6.07 Å². The molecule has 0 spiro atoms. The fourth-order valence-corrected chi connectivity index (χ4v) is 2.41. The van der Waals surface area contributed by atoms with E-state index < -0.39 is 9.73 Å². The molecule has 0 saturated heterocycles. The predicted octanol–water partition coefficient (Wildman–Crippen LogP) is 2.90. The molecule has 0 heterocycles. The molecule has 0 bridgehead atoms. The van der Waals surface area contributed by atoms with E-state index in [1.165, 1.54) is 0 Å². The Labute approximate surface area is 122 Å². The monoisotopic (exact) mass is 342 g/mol.